The third-order valence-corrected chi connectivity index (χ3v) is 9.27. The summed E-state index contributed by atoms with van der Waals surface area (Å²) >= 11 is 0. The number of hydrogen-bond donors (Lipinski definition) is 0. The summed E-state index contributed by atoms with van der Waals surface area (Å²) in [6, 6.07) is 0. The molecular weight excluding hydrogens is 252 g/mol. The van der Waals surface area contributed by atoms with Crippen molar-refractivity contribution >= 4 is 0 Å². The monoisotopic (exact) mass is 288 g/mol. The van der Waals surface area contributed by atoms with Crippen LogP contribution < -0.4 is 0 Å². The standard InChI is InChI=1S/C21H36/c1-4-15-9-11-18-17-10-8-16-7-5-6-13-20(16,2)19(17)12-14-21(15,18)3/h15-19H,4-14H2,1-3H3/t15-,16?,17-,18-,19+,20+,21+/m0/s1. The van der Waals surface area contributed by atoms with E-state index in [-0.39, 0.29) is 0 Å². The van der Waals surface area contributed by atoms with E-state index < -0.39 is 0 Å². The molecule has 4 aliphatic carbocycles. The second-order valence-electron chi connectivity index (χ2n) is 9.63. The minimum absolute atomic E-state index is 0.716. The summed E-state index contributed by atoms with van der Waals surface area (Å²) < 4.78 is 0. The van der Waals surface area contributed by atoms with Gasteiger partial charge in [0.15, 0.2) is 0 Å². The number of fused-ring (bicyclic) bond motifs is 5. The Morgan fingerprint density at radius 1 is 0.762 bits per heavy atom. The van der Waals surface area contributed by atoms with Crippen LogP contribution in [-0.4, -0.2) is 0 Å². The molecule has 0 aromatic rings. The molecule has 0 aromatic carbocycles. The largest absolute Gasteiger partial charge is 0.0651 e. The van der Waals surface area contributed by atoms with Gasteiger partial charge in [-0.15, -0.1) is 0 Å². The quantitative estimate of drug-likeness (QED) is 0.520. The van der Waals surface area contributed by atoms with Crippen LogP contribution >= 0.6 is 0 Å². The van der Waals surface area contributed by atoms with Crippen molar-refractivity contribution in [1.82, 2.24) is 0 Å². The zero-order chi connectivity index (χ0) is 14.7. The average Bonchev–Trinajstić information content (AvgIpc) is 2.83. The smallest absolute Gasteiger partial charge is 0.0266 e. The van der Waals surface area contributed by atoms with Crippen LogP contribution in [0.15, 0.2) is 0 Å². The van der Waals surface area contributed by atoms with Gasteiger partial charge in [0.05, 0.1) is 0 Å². The Hall–Kier alpha value is 0. The highest BCUT2D eigenvalue weighted by Crippen LogP contribution is 2.67. The molecule has 4 fully saturated rings. The second kappa shape index (κ2) is 5.00. The first-order valence-corrected chi connectivity index (χ1v) is 10.1. The Morgan fingerprint density at radius 2 is 1.57 bits per heavy atom. The van der Waals surface area contributed by atoms with E-state index in [1.54, 1.807) is 51.4 Å². The van der Waals surface area contributed by atoms with Crippen LogP contribution in [0.1, 0.15) is 91.4 Å². The maximum absolute atomic E-state index is 2.71. The SMILES string of the molecule is CC[C@H]1CC[C@H]2[C@@H]3CCC4CCCC[C@@]4(C)[C@@H]3CC[C@]12C. The molecule has 0 aromatic heterocycles. The molecule has 0 radical (unpaired) electrons. The van der Waals surface area contributed by atoms with E-state index in [1.807, 2.05) is 0 Å². The maximum atomic E-state index is 2.71. The van der Waals surface area contributed by atoms with Crippen molar-refractivity contribution < 1.29 is 0 Å². The second-order valence-corrected chi connectivity index (χ2v) is 9.63. The van der Waals surface area contributed by atoms with Crippen LogP contribution in [0.3, 0.4) is 0 Å². The lowest BCUT2D eigenvalue weighted by molar-refractivity contribution is -0.110. The molecule has 0 saturated heterocycles. The van der Waals surface area contributed by atoms with Crippen molar-refractivity contribution in [1.29, 1.82) is 0 Å². The first-order chi connectivity index (χ1) is 10.1. The van der Waals surface area contributed by atoms with Gasteiger partial charge in [-0.05, 0) is 91.8 Å². The topological polar surface area (TPSA) is 0 Å². The summed E-state index contributed by atoms with van der Waals surface area (Å²) in [6.45, 7) is 7.84. The first kappa shape index (κ1) is 14.6. The molecule has 0 bridgehead atoms. The van der Waals surface area contributed by atoms with Gasteiger partial charge in [0.1, 0.15) is 0 Å². The van der Waals surface area contributed by atoms with Gasteiger partial charge in [0.2, 0.25) is 0 Å². The number of hydrogen-bond acceptors (Lipinski definition) is 0. The van der Waals surface area contributed by atoms with Gasteiger partial charge >= 0.3 is 0 Å². The predicted octanol–water partition coefficient (Wildman–Crippen LogP) is 6.45. The molecule has 0 aliphatic heterocycles. The molecule has 0 spiro atoms. The minimum Gasteiger partial charge on any atom is -0.0651 e. The van der Waals surface area contributed by atoms with Crippen molar-refractivity contribution in [2.75, 3.05) is 0 Å². The Balaban J connectivity index is 1.62. The van der Waals surface area contributed by atoms with Gasteiger partial charge in [-0.25, -0.2) is 0 Å². The maximum Gasteiger partial charge on any atom is -0.0266 e. The fourth-order valence-corrected chi connectivity index (χ4v) is 8.07. The molecule has 1 unspecified atom stereocenters. The van der Waals surface area contributed by atoms with Gasteiger partial charge in [-0.3, -0.25) is 0 Å². The summed E-state index contributed by atoms with van der Waals surface area (Å²) in [5, 5.41) is 0. The third kappa shape index (κ3) is 1.93. The van der Waals surface area contributed by atoms with E-state index in [0.717, 1.165) is 35.0 Å². The molecule has 0 heterocycles. The molecule has 4 aliphatic rings. The molecule has 21 heavy (non-hydrogen) atoms. The van der Waals surface area contributed by atoms with Crippen LogP contribution in [0.25, 0.3) is 0 Å². The Morgan fingerprint density at radius 3 is 2.38 bits per heavy atom. The predicted molar refractivity (Wildman–Crippen MR) is 90.1 cm³/mol. The lowest BCUT2D eigenvalue weighted by Gasteiger charge is -2.60. The minimum atomic E-state index is 0.716. The molecule has 7 atom stereocenters. The van der Waals surface area contributed by atoms with Crippen LogP contribution in [0.5, 0.6) is 0 Å². The molecule has 0 amide bonds. The summed E-state index contributed by atoms with van der Waals surface area (Å²) in [4.78, 5) is 0. The zero-order valence-corrected chi connectivity index (χ0v) is 14.7. The van der Waals surface area contributed by atoms with Crippen molar-refractivity contribution in [3.8, 4) is 0 Å². The highest BCUT2D eigenvalue weighted by atomic mass is 14.6. The summed E-state index contributed by atoms with van der Waals surface area (Å²) in [7, 11) is 0. The average molecular weight is 289 g/mol. The van der Waals surface area contributed by atoms with Gasteiger partial charge < -0.3 is 0 Å². The summed E-state index contributed by atoms with van der Waals surface area (Å²) in [5.74, 6) is 5.39. The fourth-order valence-electron chi connectivity index (χ4n) is 8.07. The summed E-state index contributed by atoms with van der Waals surface area (Å²) in [6.07, 6.45) is 17.0. The van der Waals surface area contributed by atoms with Crippen molar-refractivity contribution in [2.24, 2.45) is 40.4 Å². The van der Waals surface area contributed by atoms with Gasteiger partial charge in [-0.2, -0.15) is 0 Å². The molecule has 120 valence electrons. The highest BCUT2D eigenvalue weighted by Gasteiger charge is 2.59. The molecule has 0 heteroatoms. The van der Waals surface area contributed by atoms with E-state index in [4.69, 9.17) is 0 Å². The van der Waals surface area contributed by atoms with Gasteiger partial charge in [0, 0.05) is 0 Å². The summed E-state index contributed by atoms with van der Waals surface area (Å²) in [5.41, 5.74) is 1.45. The molecule has 4 saturated carbocycles. The Bertz CT molecular complexity index is 399. The lowest BCUT2D eigenvalue weighted by Crippen LogP contribution is -2.52. The molecule has 0 N–H and O–H groups in total. The van der Waals surface area contributed by atoms with Crippen molar-refractivity contribution in [3.63, 3.8) is 0 Å². The van der Waals surface area contributed by atoms with Crippen LogP contribution in [-0.2, 0) is 0 Å². The van der Waals surface area contributed by atoms with Crippen LogP contribution in [0.2, 0.25) is 0 Å². The fraction of sp³-hybridized carbons (Fsp3) is 1.00. The first-order valence-electron chi connectivity index (χ1n) is 10.1. The molecule has 0 nitrogen and oxygen atoms in total. The van der Waals surface area contributed by atoms with Crippen LogP contribution in [0.4, 0.5) is 0 Å². The van der Waals surface area contributed by atoms with E-state index in [0.29, 0.717) is 5.41 Å². The Labute approximate surface area is 132 Å². The highest BCUT2D eigenvalue weighted by molar-refractivity contribution is 5.08. The third-order valence-electron chi connectivity index (χ3n) is 9.27. The lowest BCUT2D eigenvalue weighted by atomic mass is 9.45. The van der Waals surface area contributed by atoms with Gasteiger partial charge in [0.25, 0.3) is 0 Å². The van der Waals surface area contributed by atoms with E-state index in [9.17, 15) is 0 Å². The van der Waals surface area contributed by atoms with E-state index >= 15 is 0 Å². The molecular formula is C21H36. The normalized spacial score (nSPS) is 56.4. The van der Waals surface area contributed by atoms with E-state index in [1.165, 1.54) is 19.3 Å². The van der Waals surface area contributed by atoms with Crippen molar-refractivity contribution in [2.45, 2.75) is 91.4 Å². The van der Waals surface area contributed by atoms with E-state index in [2.05, 4.69) is 20.8 Å². The van der Waals surface area contributed by atoms with Gasteiger partial charge in [-0.1, -0.05) is 40.0 Å². The van der Waals surface area contributed by atoms with Crippen LogP contribution in [0, 0.1) is 40.4 Å². The molecule has 4 rings (SSSR count). The number of rotatable bonds is 1. The zero-order valence-electron chi connectivity index (χ0n) is 14.7. The Kier molecular flexibility index (Phi) is 3.47. The van der Waals surface area contributed by atoms with Crippen molar-refractivity contribution in [3.05, 3.63) is 0 Å².